The second-order valence-corrected chi connectivity index (χ2v) is 4.05. The lowest BCUT2D eigenvalue weighted by atomic mass is 10.2. The largest absolute Gasteiger partial charge is 0.453 e. The minimum absolute atomic E-state index is 0.0880. The number of hydrogen-bond acceptors (Lipinski definition) is 3. The zero-order valence-corrected chi connectivity index (χ0v) is 10.3. The molecule has 3 nitrogen and oxygen atoms in total. The summed E-state index contributed by atoms with van der Waals surface area (Å²) in [5.74, 6) is 0.862. The van der Waals surface area contributed by atoms with Gasteiger partial charge in [0.15, 0.2) is 4.67 Å². The number of allylic oxidation sites excluding steroid dienone is 1. The van der Waals surface area contributed by atoms with Crippen LogP contribution in [0.1, 0.15) is 19.1 Å². The summed E-state index contributed by atoms with van der Waals surface area (Å²) in [6.45, 7) is 2.73. The van der Waals surface area contributed by atoms with E-state index in [1.807, 2.05) is 31.2 Å². The maximum atomic E-state index is 9.10. The van der Waals surface area contributed by atoms with Gasteiger partial charge in [-0.25, -0.2) is 0 Å². The number of nitrogens with one attached hydrogen (secondary N) is 1. The molecule has 1 atom stereocenters. The summed E-state index contributed by atoms with van der Waals surface area (Å²) in [4.78, 5) is 0. The molecule has 0 bridgehead atoms. The van der Waals surface area contributed by atoms with Gasteiger partial charge in [0.05, 0.1) is 13.2 Å². The highest BCUT2D eigenvalue weighted by Crippen LogP contribution is 2.13. The average molecular weight is 274 g/mol. The van der Waals surface area contributed by atoms with E-state index in [2.05, 4.69) is 21.2 Å². The van der Waals surface area contributed by atoms with Crippen LogP contribution in [0.2, 0.25) is 0 Å². The highest BCUT2D eigenvalue weighted by atomic mass is 79.9. The van der Waals surface area contributed by atoms with Crippen LogP contribution in [0.3, 0.4) is 0 Å². The van der Waals surface area contributed by atoms with E-state index < -0.39 is 0 Å². The van der Waals surface area contributed by atoms with Crippen LogP contribution >= 0.6 is 15.9 Å². The Kier molecular flexibility index (Phi) is 5.68. The SMILES string of the molecule is C/C=C/C[C@@H](CO)NCc1ccc(Br)o1. The monoisotopic (exact) mass is 273 g/mol. The first-order valence-electron chi connectivity index (χ1n) is 4.96. The predicted molar refractivity (Wildman–Crippen MR) is 63.6 cm³/mol. The molecule has 0 saturated carbocycles. The van der Waals surface area contributed by atoms with Crippen molar-refractivity contribution in [2.75, 3.05) is 6.61 Å². The van der Waals surface area contributed by atoms with Crippen molar-refractivity contribution in [1.29, 1.82) is 0 Å². The van der Waals surface area contributed by atoms with Crippen LogP contribution in [0.5, 0.6) is 0 Å². The van der Waals surface area contributed by atoms with Crippen LogP contribution in [0.15, 0.2) is 33.4 Å². The van der Waals surface area contributed by atoms with Crippen molar-refractivity contribution in [3.05, 3.63) is 34.7 Å². The minimum Gasteiger partial charge on any atom is -0.453 e. The summed E-state index contributed by atoms with van der Waals surface area (Å²) in [7, 11) is 0. The van der Waals surface area contributed by atoms with E-state index in [9.17, 15) is 0 Å². The molecule has 1 aromatic rings. The maximum absolute atomic E-state index is 9.10. The number of aliphatic hydroxyl groups excluding tert-OH is 1. The standard InChI is InChI=1S/C11H16BrNO2/c1-2-3-4-9(8-14)13-7-10-5-6-11(12)15-10/h2-3,5-6,9,13-14H,4,7-8H2,1H3/b3-2+/t9-/m0/s1. The van der Waals surface area contributed by atoms with E-state index >= 15 is 0 Å². The number of hydrogen-bond donors (Lipinski definition) is 2. The Morgan fingerprint density at radius 2 is 2.40 bits per heavy atom. The number of aliphatic hydroxyl groups is 1. The Bertz CT molecular complexity index is 309. The Morgan fingerprint density at radius 1 is 1.60 bits per heavy atom. The lowest BCUT2D eigenvalue weighted by molar-refractivity contribution is 0.239. The van der Waals surface area contributed by atoms with E-state index in [1.165, 1.54) is 0 Å². The predicted octanol–water partition coefficient (Wildman–Crippen LogP) is 2.46. The van der Waals surface area contributed by atoms with E-state index in [0.29, 0.717) is 6.54 Å². The van der Waals surface area contributed by atoms with Gasteiger partial charge >= 0.3 is 0 Å². The van der Waals surface area contributed by atoms with E-state index in [4.69, 9.17) is 9.52 Å². The van der Waals surface area contributed by atoms with Crippen LogP contribution < -0.4 is 5.32 Å². The van der Waals surface area contributed by atoms with Gasteiger partial charge in [0.25, 0.3) is 0 Å². The maximum Gasteiger partial charge on any atom is 0.169 e. The van der Waals surface area contributed by atoms with Crippen molar-refractivity contribution >= 4 is 15.9 Å². The fourth-order valence-electron chi connectivity index (χ4n) is 1.21. The molecule has 0 aliphatic rings. The molecular weight excluding hydrogens is 258 g/mol. The highest BCUT2D eigenvalue weighted by Gasteiger charge is 2.06. The Morgan fingerprint density at radius 3 is 2.93 bits per heavy atom. The first kappa shape index (κ1) is 12.5. The fourth-order valence-corrected chi connectivity index (χ4v) is 1.55. The second-order valence-electron chi connectivity index (χ2n) is 3.27. The summed E-state index contributed by atoms with van der Waals surface area (Å²) in [6, 6.07) is 3.85. The Hall–Kier alpha value is -0.580. The molecule has 84 valence electrons. The van der Waals surface area contributed by atoms with Crippen LogP contribution in [0.25, 0.3) is 0 Å². The summed E-state index contributed by atoms with van der Waals surface area (Å²) >= 11 is 3.24. The molecule has 0 fully saturated rings. The molecule has 1 rings (SSSR count). The van der Waals surface area contributed by atoms with Crippen molar-refractivity contribution in [2.45, 2.75) is 25.9 Å². The first-order valence-corrected chi connectivity index (χ1v) is 5.75. The topological polar surface area (TPSA) is 45.4 Å². The number of rotatable bonds is 6. The van der Waals surface area contributed by atoms with Gasteiger partial charge in [-0.1, -0.05) is 12.2 Å². The molecular formula is C11H16BrNO2. The van der Waals surface area contributed by atoms with Gasteiger partial charge in [0.2, 0.25) is 0 Å². The minimum atomic E-state index is 0.0880. The molecule has 2 N–H and O–H groups in total. The van der Waals surface area contributed by atoms with Crippen LogP contribution in [-0.2, 0) is 6.54 Å². The van der Waals surface area contributed by atoms with Gasteiger partial charge in [-0.2, -0.15) is 0 Å². The molecule has 0 saturated heterocycles. The fraction of sp³-hybridized carbons (Fsp3) is 0.455. The molecule has 0 aromatic carbocycles. The third kappa shape index (κ3) is 4.64. The molecule has 0 aliphatic heterocycles. The van der Waals surface area contributed by atoms with E-state index in [-0.39, 0.29) is 12.6 Å². The molecule has 0 unspecified atom stereocenters. The third-order valence-electron chi connectivity index (χ3n) is 2.07. The Balaban J connectivity index is 2.33. The molecule has 15 heavy (non-hydrogen) atoms. The zero-order chi connectivity index (χ0) is 11.1. The lowest BCUT2D eigenvalue weighted by Crippen LogP contribution is -2.31. The van der Waals surface area contributed by atoms with Gasteiger partial charge in [0.1, 0.15) is 5.76 Å². The first-order chi connectivity index (χ1) is 7.26. The van der Waals surface area contributed by atoms with Crippen molar-refractivity contribution in [3.63, 3.8) is 0 Å². The molecule has 1 heterocycles. The molecule has 0 aliphatic carbocycles. The van der Waals surface area contributed by atoms with Gasteiger partial charge < -0.3 is 14.8 Å². The smallest absolute Gasteiger partial charge is 0.169 e. The quantitative estimate of drug-likeness (QED) is 0.783. The summed E-state index contributed by atoms with van der Waals surface area (Å²) in [5.41, 5.74) is 0. The summed E-state index contributed by atoms with van der Waals surface area (Å²) in [6.07, 6.45) is 4.84. The van der Waals surface area contributed by atoms with Gasteiger partial charge in [-0.15, -0.1) is 0 Å². The van der Waals surface area contributed by atoms with E-state index in [1.54, 1.807) is 0 Å². The highest BCUT2D eigenvalue weighted by molar-refractivity contribution is 9.10. The van der Waals surface area contributed by atoms with Crippen LogP contribution in [0.4, 0.5) is 0 Å². The van der Waals surface area contributed by atoms with Gasteiger partial charge in [0, 0.05) is 6.04 Å². The molecule has 4 heteroatoms. The average Bonchev–Trinajstić information content (AvgIpc) is 2.65. The normalized spacial score (nSPS) is 13.5. The van der Waals surface area contributed by atoms with Crippen molar-refractivity contribution in [2.24, 2.45) is 0 Å². The van der Waals surface area contributed by atoms with Crippen LogP contribution in [0, 0.1) is 0 Å². The Labute approximate surface area is 98.3 Å². The zero-order valence-electron chi connectivity index (χ0n) is 8.74. The molecule has 0 amide bonds. The van der Waals surface area contributed by atoms with Crippen molar-refractivity contribution < 1.29 is 9.52 Å². The number of furan rings is 1. The van der Waals surface area contributed by atoms with E-state index in [0.717, 1.165) is 16.9 Å². The second kappa shape index (κ2) is 6.82. The molecule has 0 radical (unpaired) electrons. The van der Waals surface area contributed by atoms with Crippen molar-refractivity contribution in [1.82, 2.24) is 5.32 Å². The molecule has 0 spiro atoms. The van der Waals surface area contributed by atoms with Crippen LogP contribution in [-0.4, -0.2) is 17.8 Å². The lowest BCUT2D eigenvalue weighted by Gasteiger charge is -2.12. The van der Waals surface area contributed by atoms with Crippen molar-refractivity contribution in [3.8, 4) is 0 Å². The third-order valence-corrected chi connectivity index (χ3v) is 2.50. The summed E-state index contributed by atoms with van der Waals surface area (Å²) in [5, 5.41) is 12.3. The summed E-state index contributed by atoms with van der Waals surface area (Å²) < 4.78 is 6.07. The van der Waals surface area contributed by atoms with Gasteiger partial charge in [-0.05, 0) is 41.4 Å². The number of halogens is 1. The van der Waals surface area contributed by atoms with Gasteiger partial charge in [-0.3, -0.25) is 0 Å². The molecule has 1 aromatic heterocycles.